The SMILES string of the molecule is CN(Cc1ccccc1NC(=O)c1cc(=O)n(C)c2ccccc12)C(=O)OC(C)(C)C. The standard InChI is InChI=1S/C24H27N3O4/c1-24(2,3)31-23(30)26(4)15-16-10-6-8-12-19(16)25-22(29)18-14-21(28)27(5)20-13-9-7-11-17(18)20/h6-14H,15H2,1-5H3,(H,25,29). The van der Waals surface area contributed by atoms with Crippen molar-refractivity contribution in [2.75, 3.05) is 12.4 Å². The summed E-state index contributed by atoms with van der Waals surface area (Å²) in [4.78, 5) is 39.2. The molecule has 7 heteroatoms. The van der Waals surface area contributed by atoms with E-state index in [1.165, 1.54) is 15.5 Å². The van der Waals surface area contributed by atoms with Crippen LogP contribution in [-0.2, 0) is 18.3 Å². The van der Waals surface area contributed by atoms with Gasteiger partial charge in [-0.3, -0.25) is 9.59 Å². The molecule has 1 heterocycles. The third-order valence-corrected chi connectivity index (χ3v) is 4.78. The fourth-order valence-corrected chi connectivity index (χ4v) is 3.23. The second-order valence-electron chi connectivity index (χ2n) is 8.42. The van der Waals surface area contributed by atoms with Crippen LogP contribution in [0, 0.1) is 0 Å². The number of fused-ring (bicyclic) bond motifs is 1. The predicted octanol–water partition coefficient (Wildman–Crippen LogP) is 4.16. The minimum Gasteiger partial charge on any atom is -0.444 e. The topological polar surface area (TPSA) is 80.6 Å². The van der Waals surface area contributed by atoms with Gasteiger partial charge in [-0.05, 0) is 38.5 Å². The second-order valence-corrected chi connectivity index (χ2v) is 8.42. The number of pyridine rings is 1. The van der Waals surface area contributed by atoms with Crippen molar-refractivity contribution in [3.8, 4) is 0 Å². The Morgan fingerprint density at radius 3 is 2.42 bits per heavy atom. The number of nitrogens with one attached hydrogen (secondary N) is 1. The lowest BCUT2D eigenvalue weighted by atomic mass is 10.1. The molecule has 2 amide bonds. The molecule has 0 saturated heterocycles. The maximum atomic E-state index is 13.1. The highest BCUT2D eigenvalue weighted by Crippen LogP contribution is 2.21. The molecule has 0 aliphatic carbocycles. The molecule has 0 saturated carbocycles. The molecule has 1 N–H and O–H groups in total. The lowest BCUT2D eigenvalue weighted by molar-refractivity contribution is 0.0285. The van der Waals surface area contributed by atoms with E-state index in [-0.39, 0.29) is 18.0 Å². The molecule has 0 fully saturated rings. The summed E-state index contributed by atoms with van der Waals surface area (Å²) in [7, 11) is 3.31. The summed E-state index contributed by atoms with van der Waals surface area (Å²) < 4.78 is 6.91. The number of nitrogens with zero attached hydrogens (tertiary/aromatic N) is 2. The van der Waals surface area contributed by atoms with E-state index in [4.69, 9.17) is 4.74 Å². The van der Waals surface area contributed by atoms with Crippen LogP contribution in [0.25, 0.3) is 10.9 Å². The lowest BCUT2D eigenvalue weighted by Crippen LogP contribution is -2.34. The van der Waals surface area contributed by atoms with Gasteiger partial charge in [0.1, 0.15) is 5.60 Å². The van der Waals surface area contributed by atoms with Gasteiger partial charge in [0.05, 0.1) is 17.6 Å². The van der Waals surface area contributed by atoms with E-state index in [0.717, 1.165) is 5.56 Å². The number of aryl methyl sites for hydroxylation is 1. The third kappa shape index (κ3) is 5.12. The number of hydrogen-bond acceptors (Lipinski definition) is 4. The Kier molecular flexibility index (Phi) is 6.15. The van der Waals surface area contributed by atoms with Gasteiger partial charge in [-0.15, -0.1) is 0 Å². The van der Waals surface area contributed by atoms with E-state index in [0.29, 0.717) is 22.2 Å². The number of rotatable bonds is 4. The summed E-state index contributed by atoms with van der Waals surface area (Å²) in [5.74, 6) is -0.388. The molecule has 0 atom stereocenters. The van der Waals surface area contributed by atoms with Gasteiger partial charge in [-0.2, -0.15) is 0 Å². The molecule has 3 rings (SSSR count). The van der Waals surface area contributed by atoms with E-state index in [1.54, 1.807) is 53.1 Å². The van der Waals surface area contributed by atoms with Crippen LogP contribution in [-0.4, -0.2) is 34.1 Å². The Balaban J connectivity index is 1.87. The van der Waals surface area contributed by atoms with Crippen LogP contribution in [0.15, 0.2) is 59.4 Å². The molecular formula is C24H27N3O4. The van der Waals surface area contributed by atoms with Crippen molar-refractivity contribution >= 4 is 28.6 Å². The molecule has 0 radical (unpaired) electrons. The summed E-state index contributed by atoms with van der Waals surface area (Å²) in [6.45, 7) is 5.67. The Hall–Kier alpha value is -3.61. The van der Waals surface area contributed by atoms with E-state index in [9.17, 15) is 14.4 Å². The molecule has 7 nitrogen and oxygen atoms in total. The van der Waals surface area contributed by atoms with E-state index in [2.05, 4.69) is 5.32 Å². The molecular weight excluding hydrogens is 394 g/mol. The quantitative estimate of drug-likeness (QED) is 0.686. The van der Waals surface area contributed by atoms with Gasteiger partial charge in [0.25, 0.3) is 11.5 Å². The molecule has 0 aliphatic heterocycles. The average molecular weight is 421 g/mol. The number of carbonyl (C=O) groups is 2. The molecule has 0 spiro atoms. The summed E-state index contributed by atoms with van der Waals surface area (Å²) in [6, 6.07) is 15.8. The number of aromatic nitrogens is 1. The number of ether oxygens (including phenoxy) is 1. The molecule has 31 heavy (non-hydrogen) atoms. The first-order valence-corrected chi connectivity index (χ1v) is 9.99. The number of amides is 2. The predicted molar refractivity (Wildman–Crippen MR) is 121 cm³/mol. The van der Waals surface area contributed by atoms with Crippen LogP contribution in [0.4, 0.5) is 10.5 Å². The van der Waals surface area contributed by atoms with Gasteiger partial charge >= 0.3 is 6.09 Å². The van der Waals surface area contributed by atoms with Crippen molar-refractivity contribution in [2.24, 2.45) is 7.05 Å². The number of anilines is 1. The first kappa shape index (κ1) is 22.1. The highest BCUT2D eigenvalue weighted by molar-refractivity contribution is 6.12. The number of carbonyl (C=O) groups excluding carboxylic acids is 2. The van der Waals surface area contributed by atoms with Gasteiger partial charge in [-0.25, -0.2) is 4.79 Å². The molecule has 0 bridgehead atoms. The first-order valence-electron chi connectivity index (χ1n) is 9.99. The minimum absolute atomic E-state index is 0.253. The third-order valence-electron chi connectivity index (χ3n) is 4.78. The molecule has 1 aromatic heterocycles. The second kappa shape index (κ2) is 8.63. The summed E-state index contributed by atoms with van der Waals surface area (Å²) in [5.41, 5.74) is 1.43. The molecule has 0 aliphatic rings. The highest BCUT2D eigenvalue weighted by Gasteiger charge is 2.21. The fourth-order valence-electron chi connectivity index (χ4n) is 3.23. The van der Waals surface area contributed by atoms with Crippen LogP contribution in [0.2, 0.25) is 0 Å². The van der Waals surface area contributed by atoms with Crippen LogP contribution < -0.4 is 10.9 Å². The molecule has 3 aromatic rings. The number of hydrogen-bond donors (Lipinski definition) is 1. The monoisotopic (exact) mass is 421 g/mol. The van der Waals surface area contributed by atoms with Gasteiger partial charge in [0.15, 0.2) is 0 Å². The zero-order valence-electron chi connectivity index (χ0n) is 18.4. The van der Waals surface area contributed by atoms with Crippen LogP contribution >= 0.6 is 0 Å². The van der Waals surface area contributed by atoms with Crippen molar-refractivity contribution in [3.05, 3.63) is 76.1 Å². The van der Waals surface area contributed by atoms with Gasteiger partial charge in [0.2, 0.25) is 0 Å². The Morgan fingerprint density at radius 1 is 1.06 bits per heavy atom. The fraction of sp³-hybridized carbons (Fsp3) is 0.292. The van der Waals surface area contributed by atoms with Crippen LogP contribution in [0.1, 0.15) is 36.7 Å². The Bertz CT molecular complexity index is 1190. The maximum Gasteiger partial charge on any atom is 0.410 e. The summed E-state index contributed by atoms with van der Waals surface area (Å²) in [6.07, 6.45) is -0.453. The van der Waals surface area contributed by atoms with E-state index >= 15 is 0 Å². The maximum absolute atomic E-state index is 13.1. The van der Waals surface area contributed by atoms with E-state index < -0.39 is 11.7 Å². The normalized spacial score (nSPS) is 11.3. The zero-order valence-corrected chi connectivity index (χ0v) is 18.4. The Morgan fingerprint density at radius 2 is 1.71 bits per heavy atom. The average Bonchev–Trinajstić information content (AvgIpc) is 2.70. The van der Waals surface area contributed by atoms with Crippen molar-refractivity contribution in [2.45, 2.75) is 32.9 Å². The van der Waals surface area contributed by atoms with Crippen molar-refractivity contribution in [3.63, 3.8) is 0 Å². The van der Waals surface area contributed by atoms with Gasteiger partial charge in [-0.1, -0.05) is 36.4 Å². The highest BCUT2D eigenvalue weighted by atomic mass is 16.6. The summed E-state index contributed by atoms with van der Waals surface area (Å²) in [5, 5.41) is 3.58. The lowest BCUT2D eigenvalue weighted by Gasteiger charge is -2.25. The van der Waals surface area contributed by atoms with Crippen LogP contribution in [0.3, 0.4) is 0 Å². The summed E-state index contributed by atoms with van der Waals surface area (Å²) >= 11 is 0. The van der Waals surface area contributed by atoms with E-state index in [1.807, 2.05) is 30.3 Å². The molecule has 2 aromatic carbocycles. The smallest absolute Gasteiger partial charge is 0.410 e. The minimum atomic E-state index is -0.598. The molecule has 0 unspecified atom stereocenters. The number of para-hydroxylation sites is 2. The molecule has 162 valence electrons. The first-order chi connectivity index (χ1) is 14.6. The van der Waals surface area contributed by atoms with Gasteiger partial charge in [0, 0.05) is 31.2 Å². The number of benzene rings is 2. The Labute approximate surface area is 181 Å². The largest absolute Gasteiger partial charge is 0.444 e. The van der Waals surface area contributed by atoms with Crippen molar-refractivity contribution in [1.29, 1.82) is 0 Å². The zero-order chi connectivity index (χ0) is 22.8. The van der Waals surface area contributed by atoms with Gasteiger partial charge < -0.3 is 19.5 Å². The van der Waals surface area contributed by atoms with Crippen molar-refractivity contribution in [1.82, 2.24) is 9.47 Å². The van der Waals surface area contributed by atoms with Crippen LogP contribution in [0.5, 0.6) is 0 Å². The van der Waals surface area contributed by atoms with Crippen molar-refractivity contribution < 1.29 is 14.3 Å².